The molecule has 1 N–H and O–H groups in total. The normalized spacial score (nSPS) is 19.0. The highest BCUT2D eigenvalue weighted by molar-refractivity contribution is 5.67. The molecule has 168 valence electrons. The number of anilines is 3. The largest absolute Gasteiger partial charge is 0.573 e. The first-order chi connectivity index (χ1) is 15.2. The zero-order valence-corrected chi connectivity index (χ0v) is 17.4. The van der Waals surface area contributed by atoms with E-state index in [4.69, 9.17) is 4.74 Å². The Bertz CT molecular complexity index is 1050. The van der Waals surface area contributed by atoms with Gasteiger partial charge in [0.2, 0.25) is 5.95 Å². The van der Waals surface area contributed by atoms with Crippen molar-refractivity contribution in [1.82, 2.24) is 20.2 Å². The van der Waals surface area contributed by atoms with Crippen LogP contribution in [0.25, 0.3) is 11.1 Å². The van der Waals surface area contributed by atoms with Gasteiger partial charge in [-0.05, 0) is 43.7 Å². The van der Waals surface area contributed by atoms with Crippen LogP contribution in [0.1, 0.15) is 13.8 Å². The summed E-state index contributed by atoms with van der Waals surface area (Å²) in [4.78, 5) is 11.0. The Kier molecular flexibility index (Phi) is 6.08. The van der Waals surface area contributed by atoms with Crippen LogP contribution in [-0.4, -0.2) is 51.8 Å². The quantitative estimate of drug-likeness (QED) is 0.625. The summed E-state index contributed by atoms with van der Waals surface area (Å²) in [6.07, 6.45) is -1.40. The van der Waals surface area contributed by atoms with E-state index in [9.17, 15) is 13.2 Å². The van der Waals surface area contributed by atoms with E-state index in [1.54, 1.807) is 18.3 Å². The first kappa shape index (κ1) is 21.8. The minimum Gasteiger partial charge on any atom is -0.406 e. The molecule has 2 atom stereocenters. The molecule has 4 rings (SSSR count). The van der Waals surface area contributed by atoms with Crippen molar-refractivity contribution in [2.45, 2.75) is 32.4 Å². The third-order valence-corrected chi connectivity index (χ3v) is 4.68. The van der Waals surface area contributed by atoms with Crippen LogP contribution in [0.15, 0.2) is 48.8 Å². The lowest BCUT2D eigenvalue weighted by molar-refractivity contribution is -0.274. The highest BCUT2D eigenvalue weighted by Gasteiger charge is 2.31. The maximum Gasteiger partial charge on any atom is 0.573 e. The molecule has 1 aromatic carbocycles. The van der Waals surface area contributed by atoms with E-state index in [1.165, 1.54) is 30.5 Å². The van der Waals surface area contributed by atoms with Gasteiger partial charge in [-0.15, -0.1) is 18.3 Å². The molecule has 0 radical (unpaired) electrons. The molecule has 3 heterocycles. The van der Waals surface area contributed by atoms with Crippen molar-refractivity contribution in [3.05, 3.63) is 48.8 Å². The van der Waals surface area contributed by atoms with Gasteiger partial charge in [0.05, 0.1) is 18.4 Å². The third kappa shape index (κ3) is 5.61. The first-order valence-corrected chi connectivity index (χ1v) is 9.94. The Morgan fingerprint density at radius 2 is 1.75 bits per heavy atom. The van der Waals surface area contributed by atoms with Crippen LogP contribution in [0.4, 0.5) is 30.8 Å². The number of aromatic nitrogens is 4. The van der Waals surface area contributed by atoms with E-state index in [0.29, 0.717) is 41.8 Å². The zero-order chi connectivity index (χ0) is 22.7. The number of hydrogen-bond acceptors (Lipinski definition) is 8. The molecule has 32 heavy (non-hydrogen) atoms. The summed E-state index contributed by atoms with van der Waals surface area (Å²) in [6.45, 7) is 5.40. The van der Waals surface area contributed by atoms with Gasteiger partial charge < -0.3 is 19.7 Å². The minimum atomic E-state index is -4.73. The lowest BCUT2D eigenvalue weighted by Gasteiger charge is -2.35. The molecule has 3 aromatic rings. The predicted octanol–water partition coefficient (Wildman–Crippen LogP) is 4.19. The second-order valence-electron chi connectivity index (χ2n) is 7.43. The van der Waals surface area contributed by atoms with E-state index >= 15 is 0 Å². The molecule has 2 aromatic heterocycles. The van der Waals surface area contributed by atoms with Gasteiger partial charge in [0.15, 0.2) is 5.82 Å². The van der Waals surface area contributed by atoms with Crippen molar-refractivity contribution in [3.8, 4) is 16.9 Å². The third-order valence-electron chi connectivity index (χ3n) is 4.68. The molecule has 1 saturated heterocycles. The molecule has 1 fully saturated rings. The smallest absolute Gasteiger partial charge is 0.406 e. The number of rotatable bonds is 5. The second kappa shape index (κ2) is 8.95. The summed E-state index contributed by atoms with van der Waals surface area (Å²) in [5, 5.41) is 11.1. The Morgan fingerprint density at radius 3 is 2.44 bits per heavy atom. The Morgan fingerprint density at radius 1 is 1.03 bits per heavy atom. The summed E-state index contributed by atoms with van der Waals surface area (Å²) in [5.74, 6) is 1.27. The van der Waals surface area contributed by atoms with Crippen LogP contribution in [0.5, 0.6) is 5.75 Å². The summed E-state index contributed by atoms with van der Waals surface area (Å²) < 4.78 is 46.7. The Labute approximate surface area is 182 Å². The number of ether oxygens (including phenoxy) is 2. The summed E-state index contributed by atoms with van der Waals surface area (Å²) in [7, 11) is 0. The monoisotopic (exact) mass is 446 g/mol. The van der Waals surface area contributed by atoms with E-state index in [1.807, 2.05) is 13.8 Å². The lowest BCUT2D eigenvalue weighted by atomic mass is 10.1. The summed E-state index contributed by atoms with van der Waals surface area (Å²) in [6, 6.07) is 8.98. The van der Waals surface area contributed by atoms with E-state index in [2.05, 4.69) is 35.1 Å². The molecule has 1 aliphatic rings. The second-order valence-corrected chi connectivity index (χ2v) is 7.43. The molecular weight excluding hydrogens is 425 g/mol. The molecule has 0 amide bonds. The topological polar surface area (TPSA) is 85.3 Å². The van der Waals surface area contributed by atoms with E-state index in [-0.39, 0.29) is 18.0 Å². The highest BCUT2D eigenvalue weighted by atomic mass is 19.4. The standard InChI is InChI=1S/C21H21F3N6O2/c1-13-11-30(12-14(2)31-13)20-25-8-7-18(28-20)27-19-9-16(10-26-29-19)15-3-5-17(6-4-15)32-21(22,23)24/h3-10,13-14H,11-12H2,1-2H3,(H,25,27,28,29)/t13-,14+. The fourth-order valence-electron chi connectivity index (χ4n) is 3.48. The van der Waals surface area contributed by atoms with Crippen LogP contribution in [0, 0.1) is 0 Å². The molecule has 1 aliphatic heterocycles. The number of benzene rings is 1. The van der Waals surface area contributed by atoms with Crippen molar-refractivity contribution in [2.75, 3.05) is 23.3 Å². The van der Waals surface area contributed by atoms with Gasteiger partial charge in [0.1, 0.15) is 11.6 Å². The molecular formula is C21H21F3N6O2. The van der Waals surface area contributed by atoms with Crippen LogP contribution >= 0.6 is 0 Å². The number of alkyl halides is 3. The average molecular weight is 446 g/mol. The maximum absolute atomic E-state index is 12.3. The predicted molar refractivity (Wildman–Crippen MR) is 112 cm³/mol. The van der Waals surface area contributed by atoms with Gasteiger partial charge in [0.25, 0.3) is 0 Å². The molecule has 0 spiro atoms. The number of morpholine rings is 1. The fourth-order valence-corrected chi connectivity index (χ4v) is 3.48. The molecule has 11 heteroatoms. The van der Waals surface area contributed by atoms with E-state index < -0.39 is 6.36 Å². The SMILES string of the molecule is C[C@@H]1CN(c2nccc(Nc3cc(-c4ccc(OC(F)(F)F)cc4)cnn3)n2)C[C@H](C)O1. The number of nitrogens with one attached hydrogen (secondary N) is 1. The van der Waals surface area contributed by atoms with Gasteiger partial charge in [-0.25, -0.2) is 4.98 Å². The van der Waals surface area contributed by atoms with Crippen molar-refractivity contribution < 1.29 is 22.6 Å². The van der Waals surface area contributed by atoms with Gasteiger partial charge in [-0.3, -0.25) is 0 Å². The van der Waals surface area contributed by atoms with Crippen molar-refractivity contribution in [1.29, 1.82) is 0 Å². The van der Waals surface area contributed by atoms with Crippen LogP contribution in [0.3, 0.4) is 0 Å². The van der Waals surface area contributed by atoms with Gasteiger partial charge >= 0.3 is 6.36 Å². The van der Waals surface area contributed by atoms with Crippen molar-refractivity contribution in [3.63, 3.8) is 0 Å². The minimum absolute atomic E-state index is 0.0782. The number of nitrogens with zero attached hydrogens (tertiary/aromatic N) is 5. The molecule has 0 aliphatic carbocycles. The molecule has 0 bridgehead atoms. The highest BCUT2D eigenvalue weighted by Crippen LogP contribution is 2.27. The fraction of sp³-hybridized carbons (Fsp3) is 0.333. The molecule has 0 saturated carbocycles. The summed E-state index contributed by atoms with van der Waals surface area (Å²) in [5.41, 5.74) is 1.34. The molecule has 0 unspecified atom stereocenters. The lowest BCUT2D eigenvalue weighted by Crippen LogP contribution is -2.46. The number of hydrogen-bond donors (Lipinski definition) is 1. The Hall–Kier alpha value is -3.47. The van der Waals surface area contributed by atoms with Crippen LogP contribution in [-0.2, 0) is 4.74 Å². The van der Waals surface area contributed by atoms with Gasteiger partial charge in [0, 0.05) is 24.8 Å². The summed E-state index contributed by atoms with van der Waals surface area (Å²) >= 11 is 0. The van der Waals surface area contributed by atoms with Crippen molar-refractivity contribution >= 4 is 17.6 Å². The van der Waals surface area contributed by atoms with Crippen molar-refractivity contribution in [2.24, 2.45) is 0 Å². The first-order valence-electron chi connectivity index (χ1n) is 9.94. The van der Waals surface area contributed by atoms with Crippen LogP contribution in [0.2, 0.25) is 0 Å². The maximum atomic E-state index is 12.3. The zero-order valence-electron chi connectivity index (χ0n) is 17.4. The van der Waals surface area contributed by atoms with E-state index in [0.717, 1.165) is 0 Å². The van der Waals surface area contributed by atoms with Gasteiger partial charge in [-0.1, -0.05) is 12.1 Å². The molecule has 8 nitrogen and oxygen atoms in total. The Balaban J connectivity index is 1.49. The van der Waals surface area contributed by atoms with Gasteiger partial charge in [-0.2, -0.15) is 10.1 Å². The van der Waals surface area contributed by atoms with Crippen LogP contribution < -0.4 is 15.0 Å². The average Bonchev–Trinajstić information content (AvgIpc) is 2.73. The number of halogens is 3.